The van der Waals surface area contributed by atoms with Crippen molar-refractivity contribution in [2.24, 2.45) is 16.8 Å². The summed E-state index contributed by atoms with van der Waals surface area (Å²) in [5.74, 6) is -1.32. The van der Waals surface area contributed by atoms with E-state index in [-0.39, 0.29) is 43.3 Å². The van der Waals surface area contributed by atoms with Crippen LogP contribution in [-0.4, -0.2) is 62.2 Å². The maximum Gasteiger partial charge on any atom is 0.408 e. The molecular weight excluding hydrogens is 545 g/mol. The van der Waals surface area contributed by atoms with Crippen LogP contribution in [0.4, 0.5) is 4.79 Å². The van der Waals surface area contributed by atoms with Crippen molar-refractivity contribution in [3.05, 3.63) is 48.0 Å². The van der Waals surface area contributed by atoms with Crippen molar-refractivity contribution in [3.63, 3.8) is 0 Å². The summed E-state index contributed by atoms with van der Waals surface area (Å²) in [5, 5.41) is 5.39. The molecule has 0 saturated heterocycles. The molecule has 0 aromatic heterocycles. The molecule has 228 valence electrons. The minimum Gasteiger partial charge on any atom is -0.446 e. The van der Waals surface area contributed by atoms with E-state index in [4.69, 9.17) is 13.8 Å². The molecule has 2 rings (SSSR count). The maximum absolute atomic E-state index is 13.5. The van der Waals surface area contributed by atoms with E-state index in [1.807, 2.05) is 56.3 Å². The molecule has 1 aromatic carbocycles. The molecule has 1 aliphatic heterocycles. The summed E-state index contributed by atoms with van der Waals surface area (Å²) in [5.41, 5.74) is 1.26. The Bertz CT molecular complexity index is 1080. The summed E-state index contributed by atoms with van der Waals surface area (Å²) in [6.45, 7) is 7.56. The van der Waals surface area contributed by atoms with Gasteiger partial charge in [-0.25, -0.2) is 9.79 Å². The van der Waals surface area contributed by atoms with Crippen molar-refractivity contribution >= 4 is 31.2 Å². The minimum atomic E-state index is -3.63. The van der Waals surface area contributed by atoms with Gasteiger partial charge in [-0.1, -0.05) is 56.3 Å². The lowest BCUT2D eigenvalue weighted by Crippen LogP contribution is -2.43. The Kier molecular flexibility index (Phi) is 15.0. The molecule has 0 spiro atoms. The Balaban J connectivity index is 2.47. The lowest BCUT2D eigenvalue weighted by molar-refractivity contribution is -0.124. The molecule has 1 heterocycles. The smallest absolute Gasteiger partial charge is 0.408 e. The van der Waals surface area contributed by atoms with Crippen LogP contribution >= 0.6 is 7.60 Å². The number of nitrogens with one attached hydrogen (secondary N) is 2. The van der Waals surface area contributed by atoms with Crippen LogP contribution in [0.5, 0.6) is 0 Å². The van der Waals surface area contributed by atoms with E-state index >= 15 is 0 Å². The van der Waals surface area contributed by atoms with Crippen molar-refractivity contribution in [2.75, 3.05) is 26.4 Å². The first-order valence-corrected chi connectivity index (χ1v) is 16.2. The fourth-order valence-corrected chi connectivity index (χ4v) is 6.35. The van der Waals surface area contributed by atoms with E-state index < -0.39 is 37.7 Å². The molecule has 0 bridgehead atoms. The normalized spacial score (nSPS) is 23.4. The second-order valence-electron chi connectivity index (χ2n) is 10.5. The van der Waals surface area contributed by atoms with Gasteiger partial charge in [-0.2, -0.15) is 0 Å². The molecule has 2 N–H and O–H groups in total. The highest BCUT2D eigenvalue weighted by Gasteiger charge is 2.31. The maximum atomic E-state index is 13.5. The van der Waals surface area contributed by atoms with Crippen LogP contribution in [0.25, 0.3) is 0 Å². The Morgan fingerprint density at radius 3 is 2.44 bits per heavy atom. The van der Waals surface area contributed by atoms with E-state index in [1.54, 1.807) is 20.9 Å². The molecule has 3 atom stereocenters. The van der Waals surface area contributed by atoms with Crippen LogP contribution in [0.3, 0.4) is 0 Å². The van der Waals surface area contributed by atoms with Gasteiger partial charge in [-0.15, -0.1) is 0 Å². The molecule has 0 radical (unpaired) electrons. The van der Waals surface area contributed by atoms with E-state index in [1.165, 1.54) is 0 Å². The number of amides is 3. The first kappa shape index (κ1) is 34.4. The largest absolute Gasteiger partial charge is 0.446 e. The highest BCUT2D eigenvalue weighted by molar-refractivity contribution is 7.54. The number of hydrogen-bond acceptors (Lipinski definition) is 7. The lowest BCUT2D eigenvalue weighted by Gasteiger charge is -2.23. The fraction of sp³-hybridized carbons (Fsp3) is 0.600. The number of aliphatic imine (C=N–C) groups is 1. The van der Waals surface area contributed by atoms with Gasteiger partial charge < -0.3 is 24.4 Å². The van der Waals surface area contributed by atoms with Crippen LogP contribution in [0.15, 0.2) is 47.5 Å². The zero-order chi connectivity index (χ0) is 30.3. The third kappa shape index (κ3) is 12.7. The topological polar surface area (TPSA) is 132 Å². The third-order valence-electron chi connectivity index (χ3n) is 6.52. The third-order valence-corrected chi connectivity index (χ3v) is 8.57. The van der Waals surface area contributed by atoms with Gasteiger partial charge in [-0.3, -0.25) is 14.2 Å². The number of rotatable bonds is 11. The summed E-state index contributed by atoms with van der Waals surface area (Å²) in [6, 6.07) is 8.79. The van der Waals surface area contributed by atoms with E-state index in [9.17, 15) is 18.9 Å². The molecule has 0 aliphatic carbocycles. The zero-order valence-electron chi connectivity index (χ0n) is 25.0. The van der Waals surface area contributed by atoms with E-state index in [0.717, 1.165) is 5.56 Å². The van der Waals surface area contributed by atoms with E-state index in [2.05, 4.69) is 15.6 Å². The van der Waals surface area contributed by atoms with Crippen molar-refractivity contribution < 1.29 is 32.7 Å². The van der Waals surface area contributed by atoms with Crippen LogP contribution in [0, 0.1) is 11.8 Å². The minimum absolute atomic E-state index is 0.0610. The molecule has 1 aromatic rings. The molecule has 0 fully saturated rings. The number of benzene rings is 1. The second kappa shape index (κ2) is 17.9. The zero-order valence-corrected chi connectivity index (χ0v) is 25.9. The van der Waals surface area contributed by atoms with Crippen molar-refractivity contribution in [2.45, 2.75) is 78.4 Å². The predicted molar refractivity (Wildman–Crippen MR) is 160 cm³/mol. The molecule has 11 heteroatoms. The number of carbonyl (C=O) groups excluding carboxylic acids is 3. The molecule has 41 heavy (non-hydrogen) atoms. The number of hydrogen-bond donors (Lipinski definition) is 2. The molecule has 2 unspecified atom stereocenters. The molecule has 3 amide bonds. The molecule has 1 aliphatic rings. The standard InChI is InChI=1S/C30H46N3O7P/c1-6-38-41(37,39-7-2)21-25-20-24(28(34)31-5)16-12-9-13-17-26(19-23-14-10-8-11-15-23)40-30(36)33-27(18-22(3)4)29(35)32-25/h8-12,14-15,22,24,26-27H,6-7,13,16-21H2,1-5H3,(H,31,34)(H,33,36)/b12-9+,32-25-/t24?,26?,27-/m0/s1. The summed E-state index contributed by atoms with van der Waals surface area (Å²) in [7, 11) is -2.08. The fourth-order valence-electron chi connectivity index (χ4n) is 4.66. The summed E-state index contributed by atoms with van der Waals surface area (Å²) < 4.78 is 30.1. The van der Waals surface area contributed by atoms with Crippen LogP contribution in [0.2, 0.25) is 0 Å². The number of carbonyl (C=O) groups is 3. The van der Waals surface area contributed by atoms with Gasteiger partial charge in [0.25, 0.3) is 5.91 Å². The van der Waals surface area contributed by atoms with E-state index in [0.29, 0.717) is 32.1 Å². The number of allylic oxidation sites excluding steroid dienone is 2. The summed E-state index contributed by atoms with van der Waals surface area (Å²) >= 11 is 0. The average molecular weight is 592 g/mol. The van der Waals surface area contributed by atoms with Gasteiger partial charge in [0.1, 0.15) is 12.1 Å². The molecule has 10 nitrogen and oxygen atoms in total. The summed E-state index contributed by atoms with van der Waals surface area (Å²) in [6.07, 6.45) is 5.03. The highest BCUT2D eigenvalue weighted by Crippen LogP contribution is 2.48. The Hall–Kier alpha value is -2.81. The van der Waals surface area contributed by atoms with Crippen molar-refractivity contribution in [1.82, 2.24) is 10.6 Å². The van der Waals surface area contributed by atoms with Crippen LogP contribution < -0.4 is 10.6 Å². The first-order chi connectivity index (χ1) is 19.6. The van der Waals surface area contributed by atoms with Gasteiger partial charge in [0.05, 0.1) is 19.4 Å². The van der Waals surface area contributed by atoms with Gasteiger partial charge in [0.15, 0.2) is 0 Å². The van der Waals surface area contributed by atoms with Crippen molar-refractivity contribution in [1.29, 1.82) is 0 Å². The predicted octanol–water partition coefficient (Wildman–Crippen LogP) is 5.46. The SMILES string of the molecule is CCOP(=O)(C/C1=N\C(=O)[C@H](CC(C)C)NC(=O)OC(Cc2ccccc2)CC/C=C/CC(C(=O)NC)C1)OCC. The van der Waals surface area contributed by atoms with Gasteiger partial charge in [0.2, 0.25) is 5.91 Å². The van der Waals surface area contributed by atoms with Crippen LogP contribution in [0.1, 0.15) is 65.4 Å². The Morgan fingerprint density at radius 2 is 1.83 bits per heavy atom. The lowest BCUT2D eigenvalue weighted by atomic mass is 9.96. The molecular formula is C30H46N3O7P. The van der Waals surface area contributed by atoms with Gasteiger partial charge >= 0.3 is 13.7 Å². The van der Waals surface area contributed by atoms with Crippen molar-refractivity contribution in [3.8, 4) is 0 Å². The Morgan fingerprint density at radius 1 is 1.15 bits per heavy atom. The number of ether oxygens (including phenoxy) is 1. The number of cyclic esters (lactones) is 1. The molecule has 0 saturated carbocycles. The van der Waals surface area contributed by atoms with Gasteiger partial charge in [0, 0.05) is 25.1 Å². The average Bonchev–Trinajstić information content (AvgIpc) is 2.91. The number of nitrogens with zero attached hydrogens (tertiary/aromatic N) is 1. The number of alkyl carbamates (subject to hydrolysis) is 1. The summed E-state index contributed by atoms with van der Waals surface area (Å²) in [4.78, 5) is 43.7. The second-order valence-corrected chi connectivity index (χ2v) is 12.5. The quantitative estimate of drug-likeness (QED) is 0.258. The van der Waals surface area contributed by atoms with Crippen LogP contribution in [-0.2, 0) is 34.4 Å². The van der Waals surface area contributed by atoms with Gasteiger partial charge in [-0.05, 0) is 57.4 Å². The Labute approximate surface area is 244 Å². The highest BCUT2D eigenvalue weighted by atomic mass is 31.2. The first-order valence-electron chi connectivity index (χ1n) is 14.4. The monoisotopic (exact) mass is 591 g/mol.